The molecule has 0 aliphatic heterocycles. The molecule has 1 aromatic carbocycles. The van der Waals surface area contributed by atoms with E-state index >= 15 is 0 Å². The summed E-state index contributed by atoms with van der Waals surface area (Å²) in [6, 6.07) is 4.70. The monoisotopic (exact) mass is 338 g/mol. The van der Waals surface area contributed by atoms with Gasteiger partial charge in [0.05, 0.1) is 0 Å². The van der Waals surface area contributed by atoms with E-state index < -0.39 is 5.97 Å². The van der Waals surface area contributed by atoms with Crippen molar-refractivity contribution in [3.8, 4) is 0 Å². The van der Waals surface area contributed by atoms with Gasteiger partial charge in [-0.15, -0.1) is 0 Å². The third-order valence-electron chi connectivity index (χ3n) is 5.34. The number of rotatable bonds is 4. The maximum atomic E-state index is 10.6. The van der Waals surface area contributed by atoms with Crippen LogP contribution in [0.25, 0.3) is 6.08 Å². The number of aryl methyl sites for hydroxylation is 1. The highest BCUT2D eigenvalue weighted by atomic mass is 16.4. The summed E-state index contributed by atoms with van der Waals surface area (Å²) in [5.74, 6) is -0.915. The van der Waals surface area contributed by atoms with Crippen LogP contribution in [0.15, 0.2) is 42.0 Å². The quantitative estimate of drug-likeness (QED) is 0.544. The van der Waals surface area contributed by atoms with Crippen molar-refractivity contribution in [2.24, 2.45) is 0 Å². The molecule has 1 aliphatic rings. The molecule has 2 rings (SSSR count). The first kappa shape index (κ1) is 19.2. The zero-order valence-corrected chi connectivity index (χ0v) is 16.3. The highest BCUT2D eigenvalue weighted by molar-refractivity contribution is 5.81. The van der Waals surface area contributed by atoms with Crippen LogP contribution in [0.4, 0.5) is 0 Å². The second kappa shape index (κ2) is 7.03. The summed E-state index contributed by atoms with van der Waals surface area (Å²) in [7, 11) is 0. The van der Waals surface area contributed by atoms with Gasteiger partial charge in [-0.1, -0.05) is 64.1 Å². The van der Waals surface area contributed by atoms with Gasteiger partial charge in [0.1, 0.15) is 0 Å². The molecule has 1 aliphatic carbocycles. The van der Waals surface area contributed by atoms with Gasteiger partial charge in [-0.05, 0) is 65.3 Å². The smallest absolute Gasteiger partial charge is 0.328 e. The normalized spacial score (nSPS) is 19.4. The van der Waals surface area contributed by atoms with Gasteiger partial charge in [-0.2, -0.15) is 0 Å². The molecule has 0 saturated carbocycles. The molecule has 0 aromatic heterocycles. The number of aliphatic carboxylic acids is 1. The molecule has 0 bridgehead atoms. The van der Waals surface area contributed by atoms with E-state index in [9.17, 15) is 4.79 Å². The van der Waals surface area contributed by atoms with E-state index in [4.69, 9.17) is 5.11 Å². The topological polar surface area (TPSA) is 37.3 Å². The van der Waals surface area contributed by atoms with Gasteiger partial charge in [0, 0.05) is 6.08 Å². The second-order valence-electron chi connectivity index (χ2n) is 8.47. The van der Waals surface area contributed by atoms with Crippen LogP contribution in [0.5, 0.6) is 0 Å². The Kier molecular flexibility index (Phi) is 5.41. The van der Waals surface area contributed by atoms with Crippen LogP contribution in [0.3, 0.4) is 0 Å². The molecule has 1 N–H and O–H groups in total. The predicted molar refractivity (Wildman–Crippen MR) is 106 cm³/mol. The first-order valence-electron chi connectivity index (χ1n) is 8.94. The lowest BCUT2D eigenvalue weighted by atomic mass is 9.62. The zero-order chi connectivity index (χ0) is 18.8. The molecule has 134 valence electrons. The molecule has 1 aromatic rings. The van der Waals surface area contributed by atoms with Crippen molar-refractivity contribution < 1.29 is 9.90 Å². The van der Waals surface area contributed by atoms with Crippen LogP contribution in [0.2, 0.25) is 0 Å². The Morgan fingerprint density at radius 2 is 1.60 bits per heavy atom. The van der Waals surface area contributed by atoms with Crippen LogP contribution < -0.4 is 0 Å². The van der Waals surface area contributed by atoms with E-state index in [0.717, 1.165) is 5.57 Å². The van der Waals surface area contributed by atoms with Gasteiger partial charge < -0.3 is 5.11 Å². The van der Waals surface area contributed by atoms with Gasteiger partial charge in [0.15, 0.2) is 0 Å². The Bertz CT molecular complexity index is 759. The Balaban J connectivity index is 2.34. The maximum absolute atomic E-state index is 10.6. The number of hydrogen-bond donors (Lipinski definition) is 1. The van der Waals surface area contributed by atoms with Crippen molar-refractivity contribution in [1.29, 1.82) is 0 Å². The van der Waals surface area contributed by atoms with Crippen molar-refractivity contribution in [3.63, 3.8) is 0 Å². The Morgan fingerprint density at radius 3 is 2.16 bits per heavy atom. The average molecular weight is 338 g/mol. The number of carbonyl (C=O) groups is 1. The molecule has 0 saturated heterocycles. The van der Waals surface area contributed by atoms with E-state index in [1.165, 1.54) is 41.2 Å². The van der Waals surface area contributed by atoms with Crippen LogP contribution in [0.1, 0.15) is 69.7 Å². The summed E-state index contributed by atoms with van der Waals surface area (Å²) in [5, 5.41) is 8.73. The van der Waals surface area contributed by atoms with Crippen LogP contribution in [-0.2, 0) is 15.6 Å². The lowest BCUT2D eigenvalue weighted by Crippen LogP contribution is -2.34. The van der Waals surface area contributed by atoms with Crippen LogP contribution >= 0.6 is 0 Å². The number of allylic oxidation sites excluding steroid dienone is 4. The van der Waals surface area contributed by atoms with Gasteiger partial charge in [-0.25, -0.2) is 4.79 Å². The van der Waals surface area contributed by atoms with Gasteiger partial charge in [-0.3, -0.25) is 0 Å². The van der Waals surface area contributed by atoms with E-state index in [1.807, 2.05) is 18.2 Å². The van der Waals surface area contributed by atoms with E-state index in [0.29, 0.717) is 0 Å². The Morgan fingerprint density at radius 1 is 1.04 bits per heavy atom. The number of benzene rings is 1. The lowest BCUT2D eigenvalue weighted by Gasteiger charge is -2.42. The first-order chi connectivity index (χ1) is 11.5. The highest BCUT2D eigenvalue weighted by Crippen LogP contribution is 2.46. The van der Waals surface area contributed by atoms with Crippen molar-refractivity contribution in [1.82, 2.24) is 0 Å². The number of hydrogen-bond acceptors (Lipinski definition) is 1. The van der Waals surface area contributed by atoms with Crippen molar-refractivity contribution >= 4 is 12.0 Å². The number of fused-ring (bicyclic) bond motifs is 1. The molecule has 0 atom stereocenters. The first-order valence-corrected chi connectivity index (χ1v) is 8.94. The molecule has 2 nitrogen and oxygen atoms in total. The third kappa shape index (κ3) is 4.50. The SMILES string of the molecule is CC(/C=C/C=C/c1cc2c(cc1C)C(C)(C)CCC2(C)C)=C\C(=O)O. The van der Waals surface area contributed by atoms with E-state index in [-0.39, 0.29) is 10.8 Å². The van der Waals surface area contributed by atoms with Gasteiger partial charge in [0.2, 0.25) is 0 Å². The molecule has 0 radical (unpaired) electrons. The second-order valence-corrected chi connectivity index (χ2v) is 8.47. The maximum Gasteiger partial charge on any atom is 0.328 e. The van der Waals surface area contributed by atoms with E-state index in [2.05, 4.69) is 52.8 Å². The molecule has 2 heteroatoms. The number of carboxylic acid groups (broad SMARTS) is 1. The van der Waals surface area contributed by atoms with Crippen LogP contribution in [0, 0.1) is 6.92 Å². The fourth-order valence-corrected chi connectivity index (χ4v) is 3.53. The zero-order valence-electron chi connectivity index (χ0n) is 16.3. The molecule has 0 spiro atoms. The molecular weight excluding hydrogens is 308 g/mol. The lowest BCUT2D eigenvalue weighted by molar-refractivity contribution is -0.131. The largest absolute Gasteiger partial charge is 0.478 e. The summed E-state index contributed by atoms with van der Waals surface area (Å²) >= 11 is 0. The molecule has 0 amide bonds. The fraction of sp³-hybridized carbons (Fsp3) is 0.435. The summed E-state index contributed by atoms with van der Waals surface area (Å²) in [6.45, 7) is 13.3. The standard InChI is InChI=1S/C23H30O2/c1-16(13-21(24)25)9-7-8-10-18-15-20-19(14-17(18)2)22(3,4)11-12-23(20,5)6/h7-10,13-15H,11-12H2,1-6H3,(H,24,25)/b9-7+,10-8+,16-13+. The summed E-state index contributed by atoms with van der Waals surface area (Å²) in [5.41, 5.74) is 6.62. The molecule has 0 unspecified atom stereocenters. The Labute approximate surface area is 152 Å². The van der Waals surface area contributed by atoms with Gasteiger partial charge >= 0.3 is 5.97 Å². The molecular formula is C23H30O2. The summed E-state index contributed by atoms with van der Waals surface area (Å²) in [6.07, 6.45) is 11.4. The minimum Gasteiger partial charge on any atom is -0.478 e. The molecule has 25 heavy (non-hydrogen) atoms. The minimum atomic E-state index is -0.915. The van der Waals surface area contributed by atoms with Crippen molar-refractivity contribution in [2.45, 2.75) is 65.2 Å². The van der Waals surface area contributed by atoms with Crippen molar-refractivity contribution in [3.05, 3.63) is 64.3 Å². The fourth-order valence-electron chi connectivity index (χ4n) is 3.53. The molecule has 0 fully saturated rings. The molecule has 0 heterocycles. The summed E-state index contributed by atoms with van der Waals surface area (Å²) < 4.78 is 0. The van der Waals surface area contributed by atoms with Gasteiger partial charge in [0.25, 0.3) is 0 Å². The van der Waals surface area contributed by atoms with Crippen LogP contribution in [-0.4, -0.2) is 11.1 Å². The third-order valence-corrected chi connectivity index (χ3v) is 5.34. The summed E-state index contributed by atoms with van der Waals surface area (Å²) in [4.78, 5) is 10.6. The minimum absolute atomic E-state index is 0.206. The number of carboxylic acids is 1. The Hall–Kier alpha value is -2.09. The average Bonchev–Trinajstić information content (AvgIpc) is 2.48. The van der Waals surface area contributed by atoms with Crippen molar-refractivity contribution in [2.75, 3.05) is 0 Å². The highest BCUT2D eigenvalue weighted by Gasteiger charge is 2.37. The predicted octanol–water partition coefficient (Wildman–Crippen LogP) is 5.94. The van der Waals surface area contributed by atoms with E-state index in [1.54, 1.807) is 6.92 Å².